The summed E-state index contributed by atoms with van der Waals surface area (Å²) in [5, 5.41) is 6.68. The Morgan fingerprint density at radius 2 is 1.89 bits per heavy atom. The highest BCUT2D eigenvalue weighted by Crippen LogP contribution is 2.31. The molecule has 1 aromatic heterocycles. The Morgan fingerprint density at radius 1 is 1.14 bits per heavy atom. The van der Waals surface area contributed by atoms with Crippen molar-refractivity contribution in [3.05, 3.63) is 71.2 Å². The Balaban J connectivity index is 1.98. The minimum Gasteiger partial charge on any atom is -0.496 e. The predicted octanol–water partition coefficient (Wildman–Crippen LogP) is 4.60. The molecule has 0 aliphatic rings. The molecule has 9 heteroatoms. The maximum absolute atomic E-state index is 13.5. The van der Waals surface area contributed by atoms with Gasteiger partial charge in [0.25, 0.3) is 5.91 Å². The third kappa shape index (κ3) is 3.98. The SMILES string of the molecule is COc1ccc(F)cc1C(=O)Nc1cc(C)nn1-c1cccc(C(F)(F)F)c1. The predicted molar refractivity (Wildman–Crippen MR) is 94.2 cm³/mol. The standard InChI is InChI=1S/C19H15F4N3O2/c1-11-8-17(24-18(27)15-10-13(20)6-7-16(15)28-2)26(25-11)14-5-3-4-12(9-14)19(21,22)23/h3-10H,1-2H3,(H,24,27). The molecular weight excluding hydrogens is 378 g/mol. The number of hydrogen-bond acceptors (Lipinski definition) is 3. The molecule has 5 nitrogen and oxygen atoms in total. The second-order valence-corrected chi connectivity index (χ2v) is 5.93. The monoisotopic (exact) mass is 393 g/mol. The quantitative estimate of drug-likeness (QED) is 0.659. The number of anilines is 1. The molecule has 0 spiro atoms. The van der Waals surface area contributed by atoms with E-state index in [1.807, 2.05) is 0 Å². The lowest BCUT2D eigenvalue weighted by Crippen LogP contribution is -2.16. The van der Waals surface area contributed by atoms with Crippen molar-refractivity contribution in [1.82, 2.24) is 9.78 Å². The van der Waals surface area contributed by atoms with Gasteiger partial charge in [-0.25, -0.2) is 9.07 Å². The van der Waals surface area contributed by atoms with Crippen molar-refractivity contribution in [2.75, 3.05) is 12.4 Å². The highest BCUT2D eigenvalue weighted by molar-refractivity contribution is 6.06. The zero-order valence-electron chi connectivity index (χ0n) is 14.8. The molecule has 0 saturated carbocycles. The van der Waals surface area contributed by atoms with E-state index in [2.05, 4.69) is 10.4 Å². The normalized spacial score (nSPS) is 11.4. The molecule has 0 fully saturated rings. The molecule has 3 rings (SSSR count). The topological polar surface area (TPSA) is 56.1 Å². The van der Waals surface area contributed by atoms with E-state index in [1.165, 1.54) is 36.1 Å². The summed E-state index contributed by atoms with van der Waals surface area (Å²) in [6.45, 7) is 1.63. The molecule has 0 radical (unpaired) electrons. The third-order valence-corrected chi connectivity index (χ3v) is 3.90. The molecule has 1 N–H and O–H groups in total. The summed E-state index contributed by atoms with van der Waals surface area (Å²) in [7, 11) is 1.33. The minimum atomic E-state index is -4.52. The van der Waals surface area contributed by atoms with Gasteiger partial charge in [-0.15, -0.1) is 0 Å². The van der Waals surface area contributed by atoms with Crippen molar-refractivity contribution in [1.29, 1.82) is 0 Å². The van der Waals surface area contributed by atoms with E-state index in [0.717, 1.165) is 24.3 Å². The molecule has 1 amide bonds. The average molecular weight is 393 g/mol. The smallest absolute Gasteiger partial charge is 0.416 e. The number of benzene rings is 2. The van der Waals surface area contributed by atoms with E-state index >= 15 is 0 Å². The van der Waals surface area contributed by atoms with Crippen LogP contribution in [-0.2, 0) is 6.18 Å². The lowest BCUT2D eigenvalue weighted by molar-refractivity contribution is -0.137. The fourth-order valence-corrected chi connectivity index (χ4v) is 2.64. The Labute approximate surface area is 157 Å². The number of ether oxygens (including phenoxy) is 1. The summed E-state index contributed by atoms with van der Waals surface area (Å²) < 4.78 is 58.7. The number of alkyl halides is 3. The van der Waals surface area contributed by atoms with E-state index < -0.39 is 23.5 Å². The number of hydrogen-bond donors (Lipinski definition) is 1. The molecule has 0 atom stereocenters. The zero-order valence-corrected chi connectivity index (χ0v) is 14.8. The molecule has 2 aromatic carbocycles. The highest BCUT2D eigenvalue weighted by atomic mass is 19.4. The van der Waals surface area contributed by atoms with Crippen molar-refractivity contribution in [2.45, 2.75) is 13.1 Å². The van der Waals surface area contributed by atoms with Gasteiger partial charge in [-0.3, -0.25) is 4.79 Å². The number of rotatable bonds is 4. The maximum Gasteiger partial charge on any atom is 0.416 e. The molecule has 3 aromatic rings. The van der Waals surface area contributed by atoms with E-state index in [1.54, 1.807) is 6.92 Å². The fraction of sp³-hybridized carbons (Fsp3) is 0.158. The van der Waals surface area contributed by atoms with Gasteiger partial charge >= 0.3 is 6.18 Å². The average Bonchev–Trinajstić information content (AvgIpc) is 3.01. The lowest BCUT2D eigenvalue weighted by Gasteiger charge is -2.13. The van der Waals surface area contributed by atoms with Crippen LogP contribution in [0.3, 0.4) is 0 Å². The van der Waals surface area contributed by atoms with Crippen molar-refractivity contribution in [2.24, 2.45) is 0 Å². The fourth-order valence-electron chi connectivity index (χ4n) is 2.64. The van der Waals surface area contributed by atoms with Crippen LogP contribution >= 0.6 is 0 Å². The molecule has 0 unspecified atom stereocenters. The first-order valence-electron chi connectivity index (χ1n) is 8.08. The largest absolute Gasteiger partial charge is 0.496 e. The van der Waals surface area contributed by atoms with E-state index in [0.29, 0.717) is 5.69 Å². The van der Waals surface area contributed by atoms with Crippen LogP contribution in [0.1, 0.15) is 21.6 Å². The van der Waals surface area contributed by atoms with Crippen LogP contribution in [0.4, 0.5) is 23.4 Å². The number of aromatic nitrogens is 2. The summed E-state index contributed by atoms with van der Waals surface area (Å²) in [6, 6.07) is 9.49. The second-order valence-electron chi connectivity index (χ2n) is 5.93. The number of nitrogens with one attached hydrogen (secondary N) is 1. The van der Waals surface area contributed by atoms with E-state index in [-0.39, 0.29) is 22.8 Å². The molecule has 0 saturated heterocycles. The van der Waals surface area contributed by atoms with Gasteiger partial charge in [-0.05, 0) is 43.3 Å². The Morgan fingerprint density at radius 3 is 2.57 bits per heavy atom. The Kier molecular flexibility index (Phi) is 5.08. The number of halogens is 4. The maximum atomic E-state index is 13.5. The summed E-state index contributed by atoms with van der Waals surface area (Å²) in [6.07, 6.45) is -4.52. The summed E-state index contributed by atoms with van der Waals surface area (Å²) in [4.78, 5) is 12.6. The van der Waals surface area contributed by atoms with Gasteiger partial charge in [0, 0.05) is 6.07 Å². The van der Waals surface area contributed by atoms with Crippen molar-refractivity contribution in [3.8, 4) is 11.4 Å². The molecular formula is C19H15F4N3O2. The highest BCUT2D eigenvalue weighted by Gasteiger charge is 2.30. The molecule has 146 valence electrons. The number of amides is 1. The lowest BCUT2D eigenvalue weighted by atomic mass is 10.2. The number of methoxy groups -OCH3 is 1. The van der Waals surface area contributed by atoms with E-state index in [4.69, 9.17) is 4.74 Å². The first kappa shape index (κ1) is 19.4. The van der Waals surface area contributed by atoms with Crippen LogP contribution in [0, 0.1) is 12.7 Å². The summed E-state index contributed by atoms with van der Waals surface area (Å²) in [5.41, 5.74) is -0.317. The Bertz CT molecular complexity index is 1030. The first-order chi connectivity index (χ1) is 13.2. The van der Waals surface area contributed by atoms with Gasteiger partial charge in [0.15, 0.2) is 0 Å². The summed E-state index contributed by atoms with van der Waals surface area (Å²) >= 11 is 0. The van der Waals surface area contributed by atoms with Crippen molar-refractivity contribution < 1.29 is 27.1 Å². The Hall–Kier alpha value is -3.36. The van der Waals surface area contributed by atoms with Gasteiger partial charge < -0.3 is 10.1 Å². The van der Waals surface area contributed by atoms with Crippen LogP contribution in [0.5, 0.6) is 5.75 Å². The molecule has 0 aliphatic heterocycles. The van der Waals surface area contributed by atoms with Crippen LogP contribution < -0.4 is 10.1 Å². The number of carbonyl (C=O) groups excluding carboxylic acids is 1. The van der Waals surface area contributed by atoms with Crippen LogP contribution in [0.2, 0.25) is 0 Å². The minimum absolute atomic E-state index is 0.0584. The van der Waals surface area contributed by atoms with E-state index in [9.17, 15) is 22.4 Å². The van der Waals surface area contributed by atoms with Gasteiger partial charge in [-0.1, -0.05) is 6.07 Å². The molecule has 0 bridgehead atoms. The zero-order chi connectivity index (χ0) is 20.5. The number of carbonyl (C=O) groups is 1. The molecule has 1 heterocycles. The van der Waals surface area contributed by atoms with Crippen LogP contribution in [0.15, 0.2) is 48.5 Å². The van der Waals surface area contributed by atoms with Crippen LogP contribution in [0.25, 0.3) is 5.69 Å². The van der Waals surface area contributed by atoms with Gasteiger partial charge in [0.05, 0.1) is 29.6 Å². The van der Waals surface area contributed by atoms with Gasteiger partial charge in [0.1, 0.15) is 17.4 Å². The third-order valence-electron chi connectivity index (χ3n) is 3.90. The van der Waals surface area contributed by atoms with Crippen molar-refractivity contribution >= 4 is 11.7 Å². The second kappa shape index (κ2) is 7.34. The van der Waals surface area contributed by atoms with Gasteiger partial charge in [0.2, 0.25) is 0 Å². The molecule has 0 aliphatic carbocycles. The number of nitrogens with zero attached hydrogens (tertiary/aromatic N) is 2. The molecule has 28 heavy (non-hydrogen) atoms. The van der Waals surface area contributed by atoms with Gasteiger partial charge in [-0.2, -0.15) is 18.3 Å². The number of aryl methyl sites for hydroxylation is 1. The summed E-state index contributed by atoms with van der Waals surface area (Å²) in [5.74, 6) is -1.04. The first-order valence-corrected chi connectivity index (χ1v) is 8.08. The van der Waals surface area contributed by atoms with Crippen molar-refractivity contribution in [3.63, 3.8) is 0 Å². The van der Waals surface area contributed by atoms with Crippen LogP contribution in [-0.4, -0.2) is 22.8 Å².